The van der Waals surface area contributed by atoms with Crippen LogP contribution in [0.4, 0.5) is 0 Å². The van der Waals surface area contributed by atoms with E-state index in [9.17, 15) is 24.9 Å². The number of carbonyl (C=O) groups is 2. The average Bonchev–Trinajstić information content (AvgIpc) is 2.70. The molecular weight excluding hydrogens is 368 g/mol. The molecule has 0 aromatic rings. The number of rotatable bonds is 14. The van der Waals surface area contributed by atoms with Gasteiger partial charge in [-0.15, -0.1) is 13.2 Å². The quantitative estimate of drug-likeness (QED) is 0.176. The highest BCUT2D eigenvalue weighted by Crippen LogP contribution is 2.35. The number of aliphatic hydroxyl groups excluding tert-OH is 3. The average molecular weight is 398 g/mol. The molecule has 0 bridgehead atoms. The minimum Gasteiger partial charge on any atom is -0.395 e. The van der Waals surface area contributed by atoms with Crippen LogP contribution in [0.5, 0.6) is 0 Å². The normalized spacial score (nSPS) is 12.8. The van der Waals surface area contributed by atoms with Crippen molar-refractivity contribution in [3.05, 3.63) is 48.1 Å². The largest absolute Gasteiger partial charge is 0.395 e. The van der Waals surface area contributed by atoms with Crippen LogP contribution in [-0.2, 0) is 24.4 Å². The standard InChI is InChI=1S/C20H30O8/c1-5-8-10-15(4)18(24)26-28-27-19(25)17(16(12-21)9-6-2)20(13-22,14-23)11-7-3/h5,7,10,21-23H,1,3,6,8-9,11-14H2,2,4H3/b15-10+,17-16-. The number of hydrogen-bond donors (Lipinski definition) is 3. The van der Waals surface area contributed by atoms with Crippen molar-refractivity contribution in [2.24, 2.45) is 5.41 Å². The lowest BCUT2D eigenvalue weighted by atomic mass is 9.75. The summed E-state index contributed by atoms with van der Waals surface area (Å²) >= 11 is 0. The van der Waals surface area contributed by atoms with Gasteiger partial charge in [0.25, 0.3) is 0 Å². The van der Waals surface area contributed by atoms with Crippen molar-refractivity contribution >= 4 is 11.9 Å². The van der Waals surface area contributed by atoms with Gasteiger partial charge in [-0.25, -0.2) is 9.59 Å². The Morgan fingerprint density at radius 2 is 1.64 bits per heavy atom. The summed E-state index contributed by atoms with van der Waals surface area (Å²) < 4.78 is 0. The van der Waals surface area contributed by atoms with Crippen molar-refractivity contribution in [2.75, 3.05) is 19.8 Å². The second kappa shape index (κ2) is 13.8. The van der Waals surface area contributed by atoms with Gasteiger partial charge in [0.1, 0.15) is 0 Å². The Bertz CT molecular complexity index is 599. The molecule has 0 unspecified atom stereocenters. The van der Waals surface area contributed by atoms with Gasteiger partial charge in [0.15, 0.2) is 0 Å². The zero-order chi connectivity index (χ0) is 21.6. The molecule has 0 amide bonds. The van der Waals surface area contributed by atoms with Gasteiger partial charge >= 0.3 is 11.9 Å². The summed E-state index contributed by atoms with van der Waals surface area (Å²) in [6, 6.07) is 0. The Balaban J connectivity index is 5.53. The Kier molecular flexibility index (Phi) is 12.7. The van der Waals surface area contributed by atoms with E-state index < -0.39 is 37.2 Å². The van der Waals surface area contributed by atoms with E-state index in [1.807, 2.05) is 6.92 Å². The lowest BCUT2D eigenvalue weighted by molar-refractivity contribution is -0.456. The van der Waals surface area contributed by atoms with E-state index in [2.05, 4.69) is 28.0 Å². The molecule has 0 saturated carbocycles. The molecule has 0 aromatic carbocycles. The summed E-state index contributed by atoms with van der Waals surface area (Å²) in [5.41, 5.74) is -1.08. The second-order valence-corrected chi connectivity index (χ2v) is 6.20. The van der Waals surface area contributed by atoms with Gasteiger partial charge in [0, 0.05) is 10.6 Å². The second-order valence-electron chi connectivity index (χ2n) is 6.20. The van der Waals surface area contributed by atoms with E-state index in [-0.39, 0.29) is 23.1 Å². The van der Waals surface area contributed by atoms with Crippen LogP contribution in [0.3, 0.4) is 0 Å². The molecule has 0 aliphatic rings. The molecule has 0 heterocycles. The van der Waals surface area contributed by atoms with E-state index in [1.165, 1.54) is 13.0 Å². The molecule has 0 rings (SSSR count). The molecule has 0 spiro atoms. The van der Waals surface area contributed by atoms with Gasteiger partial charge in [-0.05, 0) is 31.8 Å². The van der Waals surface area contributed by atoms with E-state index in [1.54, 1.807) is 12.2 Å². The fourth-order valence-corrected chi connectivity index (χ4v) is 2.57. The molecule has 3 N–H and O–H groups in total. The fraction of sp³-hybridized carbons (Fsp3) is 0.500. The van der Waals surface area contributed by atoms with Crippen LogP contribution < -0.4 is 0 Å². The molecular formula is C20H30O8. The topological polar surface area (TPSA) is 123 Å². The first-order chi connectivity index (χ1) is 13.4. The van der Waals surface area contributed by atoms with Crippen LogP contribution in [0.25, 0.3) is 0 Å². The van der Waals surface area contributed by atoms with E-state index in [4.69, 9.17) is 0 Å². The van der Waals surface area contributed by atoms with Crippen LogP contribution in [0.15, 0.2) is 48.1 Å². The monoisotopic (exact) mass is 398 g/mol. The molecule has 0 fully saturated rings. The van der Waals surface area contributed by atoms with Crippen LogP contribution in [0.1, 0.15) is 39.5 Å². The highest BCUT2D eigenvalue weighted by molar-refractivity contribution is 5.91. The van der Waals surface area contributed by atoms with Gasteiger partial charge in [-0.3, -0.25) is 9.78 Å². The lowest BCUT2D eigenvalue weighted by Gasteiger charge is -2.31. The van der Waals surface area contributed by atoms with Crippen LogP contribution in [-0.4, -0.2) is 47.1 Å². The lowest BCUT2D eigenvalue weighted by Crippen LogP contribution is -2.37. The van der Waals surface area contributed by atoms with Gasteiger partial charge in [-0.2, -0.15) is 0 Å². The first-order valence-electron chi connectivity index (χ1n) is 8.90. The Morgan fingerprint density at radius 1 is 1.04 bits per heavy atom. The van der Waals surface area contributed by atoms with Crippen LogP contribution >= 0.6 is 0 Å². The summed E-state index contributed by atoms with van der Waals surface area (Å²) in [6.45, 7) is 8.72. The first kappa shape index (κ1) is 25.7. The zero-order valence-corrected chi connectivity index (χ0v) is 16.5. The highest BCUT2D eigenvalue weighted by Gasteiger charge is 2.40. The molecule has 0 aromatic heterocycles. The third-order valence-corrected chi connectivity index (χ3v) is 4.10. The predicted molar refractivity (Wildman–Crippen MR) is 102 cm³/mol. The molecule has 8 nitrogen and oxygen atoms in total. The van der Waals surface area contributed by atoms with E-state index >= 15 is 0 Å². The van der Waals surface area contributed by atoms with Gasteiger partial charge in [0.05, 0.1) is 30.8 Å². The minimum absolute atomic E-state index is 0.0425. The van der Waals surface area contributed by atoms with Crippen LogP contribution in [0.2, 0.25) is 0 Å². The number of aliphatic hydroxyl groups is 3. The smallest absolute Gasteiger partial charge is 0.374 e. The molecule has 0 aliphatic carbocycles. The Hall–Kier alpha value is -2.26. The molecule has 28 heavy (non-hydrogen) atoms. The zero-order valence-electron chi connectivity index (χ0n) is 16.5. The van der Waals surface area contributed by atoms with E-state index in [0.29, 0.717) is 19.3 Å². The number of carbonyl (C=O) groups excluding carboxylic acids is 2. The number of hydrogen-bond acceptors (Lipinski definition) is 8. The van der Waals surface area contributed by atoms with E-state index in [0.717, 1.165) is 0 Å². The van der Waals surface area contributed by atoms with Gasteiger partial charge < -0.3 is 15.3 Å². The summed E-state index contributed by atoms with van der Waals surface area (Å²) in [5, 5.41) is 33.6. The maximum absolute atomic E-state index is 12.6. The van der Waals surface area contributed by atoms with Crippen molar-refractivity contribution in [3.8, 4) is 0 Å². The molecule has 158 valence electrons. The molecule has 0 atom stereocenters. The summed E-state index contributed by atoms with van der Waals surface area (Å²) in [4.78, 5) is 33.3. The third kappa shape index (κ3) is 7.40. The summed E-state index contributed by atoms with van der Waals surface area (Å²) in [6.07, 6.45) is 5.96. The van der Waals surface area contributed by atoms with Gasteiger partial charge in [0.2, 0.25) is 0 Å². The van der Waals surface area contributed by atoms with Crippen molar-refractivity contribution in [3.63, 3.8) is 0 Å². The van der Waals surface area contributed by atoms with Crippen LogP contribution in [0, 0.1) is 5.41 Å². The summed E-state index contributed by atoms with van der Waals surface area (Å²) in [7, 11) is 0. The number of allylic oxidation sites excluding steroid dienone is 3. The maximum Gasteiger partial charge on any atom is 0.374 e. The van der Waals surface area contributed by atoms with Crippen molar-refractivity contribution in [2.45, 2.75) is 39.5 Å². The Morgan fingerprint density at radius 3 is 2.11 bits per heavy atom. The highest BCUT2D eigenvalue weighted by atomic mass is 17.5. The molecule has 0 radical (unpaired) electrons. The van der Waals surface area contributed by atoms with Crippen molar-refractivity contribution in [1.29, 1.82) is 0 Å². The van der Waals surface area contributed by atoms with Gasteiger partial charge in [-0.1, -0.05) is 31.6 Å². The predicted octanol–water partition coefficient (Wildman–Crippen LogP) is 2.08. The minimum atomic E-state index is -1.43. The summed E-state index contributed by atoms with van der Waals surface area (Å²) in [5.74, 6) is -1.96. The fourth-order valence-electron chi connectivity index (χ4n) is 2.57. The maximum atomic E-state index is 12.6. The Labute approximate surface area is 165 Å². The molecule has 8 heteroatoms. The van der Waals surface area contributed by atoms with Crippen molar-refractivity contribution in [1.82, 2.24) is 0 Å². The SMILES string of the molecule is C=CC/C=C(\C)C(=O)OOOC(=O)/C(=C(/CO)CCC)C(CO)(CO)CC=C. The molecule has 0 saturated heterocycles. The third-order valence-electron chi connectivity index (χ3n) is 4.10. The van der Waals surface area contributed by atoms with Crippen molar-refractivity contribution < 1.29 is 39.7 Å². The first-order valence-corrected chi connectivity index (χ1v) is 8.90. The molecule has 0 aliphatic heterocycles.